The predicted molar refractivity (Wildman–Crippen MR) is 69.7 cm³/mol. The highest BCUT2D eigenvalue weighted by Crippen LogP contribution is 2.51. The first-order valence-corrected chi connectivity index (χ1v) is 6.27. The molecule has 1 aliphatic carbocycles. The smallest absolute Gasteiger partial charge is 0.00702 e. The van der Waals surface area contributed by atoms with E-state index in [0.717, 1.165) is 0 Å². The Labute approximate surface area is 99.0 Å². The SMILES string of the molecule is Cc1cc(C)c(CC2(C(C)N)CC2)c(C)c1. The maximum absolute atomic E-state index is 6.11. The first-order chi connectivity index (χ1) is 7.44. The van der Waals surface area contributed by atoms with Crippen molar-refractivity contribution in [2.75, 3.05) is 0 Å². The molecule has 16 heavy (non-hydrogen) atoms. The van der Waals surface area contributed by atoms with Gasteiger partial charge < -0.3 is 5.73 Å². The molecule has 0 spiro atoms. The van der Waals surface area contributed by atoms with Gasteiger partial charge in [-0.3, -0.25) is 0 Å². The Hall–Kier alpha value is -0.820. The number of hydrogen-bond acceptors (Lipinski definition) is 1. The highest BCUT2D eigenvalue weighted by atomic mass is 14.7. The lowest BCUT2D eigenvalue weighted by molar-refractivity contribution is 0.417. The second kappa shape index (κ2) is 3.89. The van der Waals surface area contributed by atoms with Crippen molar-refractivity contribution in [2.24, 2.45) is 11.1 Å². The molecule has 0 radical (unpaired) electrons. The van der Waals surface area contributed by atoms with Crippen molar-refractivity contribution < 1.29 is 0 Å². The molecule has 1 aromatic carbocycles. The molecule has 1 fully saturated rings. The molecule has 1 heteroatoms. The Kier molecular flexibility index (Phi) is 2.83. The van der Waals surface area contributed by atoms with Crippen molar-refractivity contribution >= 4 is 0 Å². The molecule has 0 heterocycles. The molecule has 2 rings (SSSR count). The van der Waals surface area contributed by atoms with Crippen LogP contribution in [0, 0.1) is 26.2 Å². The maximum Gasteiger partial charge on any atom is 0.00702 e. The summed E-state index contributed by atoms with van der Waals surface area (Å²) in [6.07, 6.45) is 3.78. The van der Waals surface area contributed by atoms with E-state index in [9.17, 15) is 0 Å². The molecule has 1 nitrogen and oxygen atoms in total. The summed E-state index contributed by atoms with van der Waals surface area (Å²) in [5.74, 6) is 0. The van der Waals surface area contributed by atoms with Gasteiger partial charge >= 0.3 is 0 Å². The van der Waals surface area contributed by atoms with Crippen LogP contribution in [-0.2, 0) is 6.42 Å². The van der Waals surface area contributed by atoms with Crippen LogP contribution in [0.3, 0.4) is 0 Å². The van der Waals surface area contributed by atoms with Crippen molar-refractivity contribution in [1.82, 2.24) is 0 Å². The normalized spacial score (nSPS) is 19.6. The number of benzene rings is 1. The van der Waals surface area contributed by atoms with Crippen LogP contribution in [0.1, 0.15) is 42.0 Å². The monoisotopic (exact) mass is 217 g/mol. The summed E-state index contributed by atoms with van der Waals surface area (Å²) < 4.78 is 0. The van der Waals surface area contributed by atoms with E-state index in [-0.39, 0.29) is 0 Å². The van der Waals surface area contributed by atoms with Gasteiger partial charge in [0.05, 0.1) is 0 Å². The summed E-state index contributed by atoms with van der Waals surface area (Å²) in [5.41, 5.74) is 12.3. The molecule has 1 aliphatic rings. The van der Waals surface area contributed by atoms with Gasteiger partial charge in [-0.25, -0.2) is 0 Å². The summed E-state index contributed by atoms with van der Waals surface area (Å²) in [7, 11) is 0. The van der Waals surface area contributed by atoms with Gasteiger partial charge in [-0.15, -0.1) is 0 Å². The summed E-state index contributed by atoms with van der Waals surface area (Å²) in [4.78, 5) is 0. The number of aryl methyl sites for hydroxylation is 3. The predicted octanol–water partition coefficient (Wildman–Crippen LogP) is 3.28. The Morgan fingerprint density at radius 2 is 1.69 bits per heavy atom. The van der Waals surface area contributed by atoms with Crippen LogP contribution in [0.25, 0.3) is 0 Å². The van der Waals surface area contributed by atoms with Crippen LogP contribution in [0.5, 0.6) is 0 Å². The minimum Gasteiger partial charge on any atom is -0.327 e. The largest absolute Gasteiger partial charge is 0.327 e. The van der Waals surface area contributed by atoms with Crippen LogP contribution >= 0.6 is 0 Å². The standard InChI is InChI=1S/C15H23N/c1-10-7-11(2)14(12(3)8-10)9-15(5-6-15)13(4)16/h7-8,13H,5-6,9,16H2,1-4H3. The lowest BCUT2D eigenvalue weighted by Crippen LogP contribution is -2.30. The quantitative estimate of drug-likeness (QED) is 0.826. The third-order valence-corrected chi connectivity index (χ3v) is 4.23. The van der Waals surface area contributed by atoms with E-state index in [2.05, 4.69) is 39.8 Å². The van der Waals surface area contributed by atoms with Gasteiger partial charge in [-0.05, 0) is 69.1 Å². The van der Waals surface area contributed by atoms with E-state index in [1.165, 1.54) is 41.5 Å². The molecule has 1 saturated carbocycles. The molecule has 1 unspecified atom stereocenters. The van der Waals surface area contributed by atoms with Crippen LogP contribution in [0.2, 0.25) is 0 Å². The molecule has 0 aromatic heterocycles. The Morgan fingerprint density at radius 1 is 1.19 bits per heavy atom. The Bertz CT molecular complexity index is 377. The fourth-order valence-corrected chi connectivity index (χ4v) is 2.79. The zero-order valence-electron chi connectivity index (χ0n) is 10.9. The van der Waals surface area contributed by atoms with Crippen LogP contribution in [0.15, 0.2) is 12.1 Å². The van der Waals surface area contributed by atoms with E-state index < -0.39 is 0 Å². The van der Waals surface area contributed by atoms with Gasteiger partial charge in [0, 0.05) is 6.04 Å². The van der Waals surface area contributed by atoms with Crippen molar-refractivity contribution in [3.05, 3.63) is 34.4 Å². The molecule has 0 aliphatic heterocycles. The van der Waals surface area contributed by atoms with Crippen LogP contribution in [0.4, 0.5) is 0 Å². The lowest BCUT2D eigenvalue weighted by atomic mass is 9.86. The zero-order valence-corrected chi connectivity index (χ0v) is 10.9. The van der Waals surface area contributed by atoms with Gasteiger partial charge in [0.25, 0.3) is 0 Å². The molecule has 88 valence electrons. The van der Waals surface area contributed by atoms with Gasteiger partial charge in [0.15, 0.2) is 0 Å². The fraction of sp³-hybridized carbons (Fsp3) is 0.600. The van der Waals surface area contributed by atoms with Gasteiger partial charge in [-0.2, -0.15) is 0 Å². The molecule has 1 atom stereocenters. The zero-order chi connectivity index (χ0) is 11.9. The minimum absolute atomic E-state index is 0.326. The van der Waals surface area contributed by atoms with E-state index >= 15 is 0 Å². The molecular weight excluding hydrogens is 194 g/mol. The van der Waals surface area contributed by atoms with Crippen LogP contribution < -0.4 is 5.73 Å². The van der Waals surface area contributed by atoms with E-state index in [4.69, 9.17) is 5.73 Å². The van der Waals surface area contributed by atoms with Gasteiger partial charge in [0.2, 0.25) is 0 Å². The third-order valence-electron chi connectivity index (χ3n) is 4.23. The van der Waals surface area contributed by atoms with Crippen molar-refractivity contribution in [3.8, 4) is 0 Å². The Morgan fingerprint density at radius 3 is 2.06 bits per heavy atom. The maximum atomic E-state index is 6.11. The second-order valence-corrected chi connectivity index (χ2v) is 5.71. The summed E-state index contributed by atoms with van der Waals surface area (Å²) in [5, 5.41) is 0. The van der Waals surface area contributed by atoms with Crippen molar-refractivity contribution in [3.63, 3.8) is 0 Å². The van der Waals surface area contributed by atoms with Gasteiger partial charge in [-0.1, -0.05) is 17.7 Å². The first kappa shape index (κ1) is 11.7. The highest BCUT2D eigenvalue weighted by Gasteiger charge is 2.45. The van der Waals surface area contributed by atoms with Gasteiger partial charge in [0.1, 0.15) is 0 Å². The lowest BCUT2D eigenvalue weighted by Gasteiger charge is -2.22. The molecule has 0 saturated heterocycles. The molecular formula is C15H23N. The van der Waals surface area contributed by atoms with E-state index in [1.807, 2.05) is 0 Å². The first-order valence-electron chi connectivity index (χ1n) is 6.27. The Balaban J connectivity index is 2.29. The molecule has 0 bridgehead atoms. The summed E-state index contributed by atoms with van der Waals surface area (Å²) in [6.45, 7) is 8.79. The highest BCUT2D eigenvalue weighted by molar-refractivity contribution is 5.39. The fourth-order valence-electron chi connectivity index (χ4n) is 2.79. The number of hydrogen-bond donors (Lipinski definition) is 1. The summed E-state index contributed by atoms with van der Waals surface area (Å²) >= 11 is 0. The number of nitrogens with two attached hydrogens (primary N) is 1. The average molecular weight is 217 g/mol. The molecule has 0 amide bonds. The van der Waals surface area contributed by atoms with E-state index in [1.54, 1.807) is 0 Å². The van der Waals surface area contributed by atoms with E-state index in [0.29, 0.717) is 11.5 Å². The minimum atomic E-state index is 0.326. The van der Waals surface area contributed by atoms with Crippen molar-refractivity contribution in [2.45, 2.75) is 53.0 Å². The number of rotatable bonds is 3. The molecule has 2 N–H and O–H groups in total. The third kappa shape index (κ3) is 2.01. The van der Waals surface area contributed by atoms with Crippen molar-refractivity contribution in [1.29, 1.82) is 0 Å². The average Bonchev–Trinajstić information content (AvgIpc) is 2.92. The van der Waals surface area contributed by atoms with Crippen LogP contribution in [-0.4, -0.2) is 6.04 Å². The second-order valence-electron chi connectivity index (χ2n) is 5.71. The molecule has 1 aromatic rings. The topological polar surface area (TPSA) is 26.0 Å². The summed E-state index contributed by atoms with van der Waals surface area (Å²) in [6, 6.07) is 4.91.